The van der Waals surface area contributed by atoms with Crippen molar-refractivity contribution in [3.05, 3.63) is 37.0 Å². The summed E-state index contributed by atoms with van der Waals surface area (Å²) in [6, 6.07) is 0. The monoisotopic (exact) mass is 917 g/mol. The molecule has 1 aliphatic rings. The normalized spacial score (nSPS) is 21.4. The number of allylic oxidation sites excluding steroid dienone is 4. The maximum absolute atomic E-state index is 12.7. The number of anilines is 1. The van der Waals surface area contributed by atoms with E-state index in [0.717, 1.165) is 48.2 Å². The van der Waals surface area contributed by atoms with Crippen molar-refractivity contribution in [3.8, 4) is 0 Å². The topological polar surface area (TPSA) is 364 Å². The number of carbonyl (C=O) groups excluding carboxylic acids is 3. The minimum Gasteiger partial charge on any atom is -0.386 e. The molecular weight excluding hydrogens is 867 g/mol. The third-order valence-corrected chi connectivity index (χ3v) is 12.2. The average Bonchev–Trinajstić information content (AvgIpc) is 3.71. The third-order valence-electron chi connectivity index (χ3n) is 8.16. The molecule has 1 fully saturated rings. The zero-order chi connectivity index (χ0) is 44.0. The summed E-state index contributed by atoms with van der Waals surface area (Å²) in [5, 5.41) is 26.4. The molecule has 2 amide bonds. The van der Waals surface area contributed by atoms with Gasteiger partial charge in [0.25, 0.3) is 0 Å². The largest absolute Gasteiger partial charge is 0.481 e. The Morgan fingerprint density at radius 3 is 2.44 bits per heavy atom. The highest BCUT2D eigenvalue weighted by molar-refractivity contribution is 8.13. The summed E-state index contributed by atoms with van der Waals surface area (Å²) in [6.07, 6.45) is 4.01. The predicted octanol–water partition coefficient (Wildman–Crippen LogP) is 1.36. The molecule has 3 rings (SSSR count). The first-order chi connectivity index (χ1) is 27.6. The van der Waals surface area contributed by atoms with Gasteiger partial charge in [-0.25, -0.2) is 28.6 Å². The summed E-state index contributed by atoms with van der Waals surface area (Å²) >= 11 is 1.07. The number of imidazole rings is 1. The molecule has 0 radical (unpaired) electrons. The number of nitrogens with zero attached hydrogens (tertiary/aromatic N) is 4. The summed E-state index contributed by atoms with van der Waals surface area (Å²) in [5.74, 6) is -1.12. The standard InChI is InChI=1S/C31H50N7O17P3S/c1-4-5-6-7-8-9-10-11-22(40)59-15-14-33-21(39)12-13-34-29(43)26(42)31(2,3)17-52-58(49,50)55-57(47,48)51-16-20-25(54-56(44,45)46)24(41)30(53-20)38-19-37-23-27(32)35-18-36-28(23)38/h7-10,18-20,24-26,30,41-42H,4-6,11-17H2,1-3H3,(H,33,39)(H,34,43)(H,47,48)(H,49,50)(H2,32,35,36)(H2,44,45,46)/b8-7+,10-9+. The quantitative estimate of drug-likeness (QED) is 0.0385. The van der Waals surface area contributed by atoms with Crippen LogP contribution in [0.5, 0.6) is 0 Å². The maximum atomic E-state index is 12.7. The van der Waals surface area contributed by atoms with Crippen LogP contribution in [0.15, 0.2) is 37.0 Å². The van der Waals surface area contributed by atoms with Crippen LogP contribution in [-0.2, 0) is 50.7 Å². The number of rotatable bonds is 25. The van der Waals surface area contributed by atoms with Gasteiger partial charge in [-0.3, -0.25) is 32.5 Å². The fourth-order valence-corrected chi connectivity index (χ4v) is 8.57. The van der Waals surface area contributed by atoms with Gasteiger partial charge in [-0.2, -0.15) is 4.31 Å². The summed E-state index contributed by atoms with van der Waals surface area (Å²) in [4.78, 5) is 87.7. The van der Waals surface area contributed by atoms with Crippen molar-refractivity contribution in [2.45, 2.75) is 83.5 Å². The Hall–Kier alpha value is -2.96. The summed E-state index contributed by atoms with van der Waals surface area (Å²) in [6.45, 7) is 2.59. The molecule has 332 valence electrons. The molecule has 3 heterocycles. The Kier molecular flexibility index (Phi) is 19.4. The molecule has 0 aliphatic carbocycles. The fourth-order valence-electron chi connectivity index (χ4n) is 5.09. The van der Waals surface area contributed by atoms with Gasteiger partial charge in [0.05, 0.1) is 19.5 Å². The van der Waals surface area contributed by atoms with Crippen molar-refractivity contribution < 1.29 is 80.5 Å². The molecular formula is C31H50N7O17P3S. The van der Waals surface area contributed by atoms with Crippen LogP contribution in [0.1, 0.15) is 59.1 Å². The van der Waals surface area contributed by atoms with Crippen LogP contribution in [0.25, 0.3) is 11.2 Å². The lowest BCUT2D eigenvalue weighted by atomic mass is 9.87. The minimum atomic E-state index is -5.57. The molecule has 24 nitrogen and oxygen atoms in total. The zero-order valence-corrected chi connectivity index (χ0v) is 35.7. The van der Waals surface area contributed by atoms with Crippen LogP contribution in [0, 0.1) is 5.41 Å². The van der Waals surface area contributed by atoms with Crippen molar-refractivity contribution >= 4 is 69.1 Å². The molecule has 28 heteroatoms. The molecule has 1 aliphatic heterocycles. The van der Waals surface area contributed by atoms with E-state index in [-0.39, 0.29) is 48.0 Å². The lowest BCUT2D eigenvalue weighted by molar-refractivity contribution is -0.137. The minimum absolute atomic E-state index is 0.0302. The SMILES string of the molecule is CCCC/C=C/C=C/CC(=O)SCCNC(=O)CCNC(=O)C(O)C(C)(C)COP(=O)(O)OP(=O)(O)OCC1OC(n2cnc3c(N)ncnc32)C(O)C1OP(=O)(O)O. The first kappa shape index (κ1) is 50.4. The van der Waals surface area contributed by atoms with Gasteiger partial charge >= 0.3 is 23.5 Å². The van der Waals surface area contributed by atoms with E-state index in [9.17, 15) is 57.9 Å². The number of nitrogens with two attached hydrogens (primary N) is 1. The molecule has 2 aromatic heterocycles. The molecule has 10 N–H and O–H groups in total. The van der Waals surface area contributed by atoms with Crippen LogP contribution in [0.2, 0.25) is 0 Å². The third kappa shape index (κ3) is 16.8. The van der Waals surface area contributed by atoms with Gasteiger partial charge in [0.2, 0.25) is 11.8 Å². The predicted molar refractivity (Wildman–Crippen MR) is 210 cm³/mol. The molecule has 1 saturated heterocycles. The smallest absolute Gasteiger partial charge is 0.386 e. The van der Waals surface area contributed by atoms with Crippen molar-refractivity contribution in [2.75, 3.05) is 37.8 Å². The second kappa shape index (κ2) is 22.8. The summed E-state index contributed by atoms with van der Waals surface area (Å²) in [7, 11) is -16.4. The van der Waals surface area contributed by atoms with Crippen molar-refractivity contribution in [2.24, 2.45) is 5.41 Å². The summed E-state index contributed by atoms with van der Waals surface area (Å²) < 4.78 is 62.2. The molecule has 2 aromatic rings. The number of aliphatic hydroxyl groups excluding tert-OH is 2. The number of fused-ring (bicyclic) bond motifs is 1. The van der Waals surface area contributed by atoms with E-state index in [0.29, 0.717) is 5.75 Å². The second-order valence-electron chi connectivity index (χ2n) is 13.5. The number of aliphatic hydroxyl groups is 2. The molecule has 0 aromatic carbocycles. The number of nitrogens with one attached hydrogen (secondary N) is 2. The zero-order valence-electron chi connectivity index (χ0n) is 32.2. The second-order valence-corrected chi connectivity index (χ2v) is 18.9. The molecule has 0 bridgehead atoms. The van der Waals surface area contributed by atoms with E-state index >= 15 is 0 Å². The van der Waals surface area contributed by atoms with Crippen molar-refractivity contribution in [3.63, 3.8) is 0 Å². The van der Waals surface area contributed by atoms with E-state index in [1.54, 1.807) is 6.08 Å². The van der Waals surface area contributed by atoms with Gasteiger partial charge in [0.15, 0.2) is 22.8 Å². The van der Waals surface area contributed by atoms with Crippen molar-refractivity contribution in [1.29, 1.82) is 0 Å². The number of aromatic nitrogens is 4. The lowest BCUT2D eigenvalue weighted by Gasteiger charge is -2.30. The number of hydrogen-bond acceptors (Lipinski definition) is 18. The van der Waals surface area contributed by atoms with E-state index in [1.807, 2.05) is 18.2 Å². The fraction of sp³-hybridized carbons (Fsp3) is 0.613. The Bertz CT molecular complexity index is 1950. The first-order valence-electron chi connectivity index (χ1n) is 17.9. The number of phosphoric ester groups is 3. The first-order valence-corrected chi connectivity index (χ1v) is 23.4. The van der Waals surface area contributed by atoms with Gasteiger partial charge in [-0.05, 0) is 6.42 Å². The van der Waals surface area contributed by atoms with E-state index in [4.69, 9.17) is 19.5 Å². The highest BCUT2D eigenvalue weighted by Crippen LogP contribution is 2.61. The van der Waals surface area contributed by atoms with Gasteiger partial charge < -0.3 is 50.9 Å². The Morgan fingerprint density at radius 1 is 1.05 bits per heavy atom. The van der Waals surface area contributed by atoms with Crippen molar-refractivity contribution in [1.82, 2.24) is 30.2 Å². The van der Waals surface area contributed by atoms with Crippen LogP contribution < -0.4 is 16.4 Å². The van der Waals surface area contributed by atoms with E-state index < -0.39 is 84.6 Å². The van der Waals surface area contributed by atoms with Crippen LogP contribution >= 0.6 is 35.2 Å². The number of carbonyl (C=O) groups is 3. The Labute approximate surface area is 342 Å². The van der Waals surface area contributed by atoms with Crippen LogP contribution in [-0.4, -0.2) is 123 Å². The average molecular weight is 918 g/mol. The van der Waals surface area contributed by atoms with Gasteiger partial charge in [0, 0.05) is 37.1 Å². The summed E-state index contributed by atoms with van der Waals surface area (Å²) in [5.41, 5.74) is 4.26. The lowest BCUT2D eigenvalue weighted by Crippen LogP contribution is -2.46. The number of nitrogen functional groups attached to an aromatic ring is 1. The number of hydrogen-bond donors (Lipinski definition) is 9. The van der Waals surface area contributed by atoms with Crippen LogP contribution in [0.3, 0.4) is 0 Å². The van der Waals surface area contributed by atoms with E-state index in [2.05, 4.69) is 41.3 Å². The molecule has 59 heavy (non-hydrogen) atoms. The Balaban J connectivity index is 1.43. The highest BCUT2D eigenvalue weighted by atomic mass is 32.2. The molecule has 0 saturated carbocycles. The van der Waals surface area contributed by atoms with Gasteiger partial charge in [-0.1, -0.05) is 69.7 Å². The number of phosphoric acid groups is 3. The van der Waals surface area contributed by atoms with Crippen LogP contribution in [0.4, 0.5) is 5.82 Å². The molecule has 7 atom stereocenters. The van der Waals surface area contributed by atoms with Gasteiger partial charge in [0.1, 0.15) is 36.3 Å². The molecule has 7 unspecified atom stereocenters. The molecule has 0 spiro atoms. The number of thioether (sulfide) groups is 1. The maximum Gasteiger partial charge on any atom is 0.481 e. The highest BCUT2D eigenvalue weighted by Gasteiger charge is 2.50. The number of ether oxygens (including phenoxy) is 1. The Morgan fingerprint density at radius 2 is 1.75 bits per heavy atom. The van der Waals surface area contributed by atoms with E-state index in [1.165, 1.54) is 13.8 Å². The number of unbranched alkanes of at least 4 members (excludes halogenated alkanes) is 2. The number of amides is 2. The van der Waals surface area contributed by atoms with Gasteiger partial charge in [-0.15, -0.1) is 0 Å².